The van der Waals surface area contributed by atoms with Crippen LogP contribution in [0.25, 0.3) is 0 Å². The molecular weight excluding hydrogens is 551 g/mol. The number of benzene rings is 3. The van der Waals surface area contributed by atoms with Crippen LogP contribution in [0.3, 0.4) is 0 Å². The van der Waals surface area contributed by atoms with Gasteiger partial charge in [-0.1, -0.05) is 23.2 Å². The van der Waals surface area contributed by atoms with Gasteiger partial charge in [0, 0.05) is 65.6 Å². The van der Waals surface area contributed by atoms with Gasteiger partial charge in [0.15, 0.2) is 0 Å². The van der Waals surface area contributed by atoms with Gasteiger partial charge in [-0.05, 0) is 74.0 Å². The minimum absolute atomic E-state index is 0.137. The molecule has 4 rings (SSSR count). The number of ether oxygens (including phenoxy) is 2. The third-order valence-corrected chi connectivity index (χ3v) is 7.25. The smallest absolute Gasteiger partial charge is 0.255 e. The second-order valence-corrected chi connectivity index (χ2v) is 10.4. The molecular formula is C30H34Cl2N4O4. The van der Waals surface area contributed by atoms with E-state index in [-0.39, 0.29) is 11.8 Å². The summed E-state index contributed by atoms with van der Waals surface area (Å²) in [4.78, 5) is 29.8. The van der Waals surface area contributed by atoms with Crippen molar-refractivity contribution in [2.75, 3.05) is 63.7 Å². The number of rotatable bonds is 11. The molecule has 1 saturated heterocycles. The van der Waals surface area contributed by atoms with Crippen LogP contribution in [-0.4, -0.2) is 70.2 Å². The fourth-order valence-corrected chi connectivity index (χ4v) is 5.14. The number of anilines is 2. The maximum absolute atomic E-state index is 12.5. The monoisotopic (exact) mass is 584 g/mol. The van der Waals surface area contributed by atoms with E-state index in [0.29, 0.717) is 33.4 Å². The molecule has 8 nitrogen and oxygen atoms in total. The van der Waals surface area contributed by atoms with E-state index in [9.17, 15) is 9.59 Å². The van der Waals surface area contributed by atoms with Gasteiger partial charge in [-0.2, -0.15) is 0 Å². The first-order chi connectivity index (χ1) is 19.4. The highest BCUT2D eigenvalue weighted by Gasteiger charge is 2.20. The Bertz CT molecular complexity index is 1290. The van der Waals surface area contributed by atoms with Crippen molar-refractivity contribution in [1.29, 1.82) is 0 Å². The molecule has 1 aliphatic heterocycles. The minimum atomic E-state index is -0.330. The van der Waals surface area contributed by atoms with Gasteiger partial charge < -0.3 is 25.0 Å². The zero-order valence-electron chi connectivity index (χ0n) is 22.7. The zero-order valence-corrected chi connectivity index (χ0v) is 24.2. The van der Waals surface area contributed by atoms with Crippen molar-refractivity contribution in [3.63, 3.8) is 0 Å². The molecule has 0 bridgehead atoms. The van der Waals surface area contributed by atoms with Crippen LogP contribution in [0.15, 0.2) is 60.7 Å². The van der Waals surface area contributed by atoms with Gasteiger partial charge >= 0.3 is 0 Å². The molecule has 3 aromatic rings. The fraction of sp³-hybridized carbons (Fsp3) is 0.333. The Morgan fingerprint density at radius 2 is 1.50 bits per heavy atom. The lowest BCUT2D eigenvalue weighted by Crippen LogP contribution is -2.46. The predicted octanol–water partition coefficient (Wildman–Crippen LogP) is 5.60. The largest absolute Gasteiger partial charge is 0.497 e. The second-order valence-electron chi connectivity index (χ2n) is 9.52. The van der Waals surface area contributed by atoms with Crippen molar-refractivity contribution in [3.05, 3.63) is 81.8 Å². The lowest BCUT2D eigenvalue weighted by atomic mass is 10.1. The predicted molar refractivity (Wildman–Crippen MR) is 161 cm³/mol. The Morgan fingerprint density at radius 3 is 2.15 bits per heavy atom. The molecule has 1 heterocycles. The Labute approximate surface area is 245 Å². The zero-order chi connectivity index (χ0) is 28.5. The molecule has 0 unspecified atom stereocenters. The van der Waals surface area contributed by atoms with E-state index in [4.69, 9.17) is 32.7 Å². The normalized spacial score (nSPS) is 13.6. The number of nitrogens with one attached hydrogen (secondary N) is 2. The van der Waals surface area contributed by atoms with Gasteiger partial charge in [-0.25, -0.2) is 0 Å². The summed E-state index contributed by atoms with van der Waals surface area (Å²) in [6.45, 7) is 5.43. The average molecular weight is 586 g/mol. The molecule has 2 amide bonds. The van der Waals surface area contributed by atoms with Crippen molar-refractivity contribution in [2.24, 2.45) is 0 Å². The van der Waals surface area contributed by atoms with Gasteiger partial charge in [-0.15, -0.1) is 0 Å². The van der Waals surface area contributed by atoms with E-state index in [0.717, 1.165) is 62.8 Å². The summed E-state index contributed by atoms with van der Waals surface area (Å²) in [7, 11) is 3.34. The van der Waals surface area contributed by atoms with Crippen LogP contribution in [0.2, 0.25) is 10.0 Å². The number of methoxy groups -OCH3 is 2. The summed E-state index contributed by atoms with van der Waals surface area (Å²) in [5, 5.41) is 6.54. The van der Waals surface area contributed by atoms with Gasteiger partial charge in [0.25, 0.3) is 11.8 Å². The van der Waals surface area contributed by atoms with Crippen molar-refractivity contribution in [3.8, 4) is 11.5 Å². The number of halogens is 2. The molecule has 0 saturated carbocycles. The molecule has 40 heavy (non-hydrogen) atoms. The van der Waals surface area contributed by atoms with Crippen molar-refractivity contribution in [1.82, 2.24) is 10.2 Å². The quantitative estimate of drug-likeness (QED) is 0.286. The summed E-state index contributed by atoms with van der Waals surface area (Å²) in [6.07, 6.45) is 1.90. The van der Waals surface area contributed by atoms with Crippen molar-refractivity contribution in [2.45, 2.75) is 12.8 Å². The Morgan fingerprint density at radius 1 is 0.800 bits per heavy atom. The second kappa shape index (κ2) is 14.3. The number of amides is 2. The van der Waals surface area contributed by atoms with Crippen LogP contribution in [-0.2, 0) is 0 Å². The lowest BCUT2D eigenvalue weighted by molar-refractivity contribution is 0.0952. The van der Waals surface area contributed by atoms with E-state index in [2.05, 4.69) is 26.5 Å². The Balaban J connectivity index is 1.14. The Hall–Kier alpha value is -3.46. The number of hydrogen-bond acceptors (Lipinski definition) is 6. The maximum Gasteiger partial charge on any atom is 0.255 e. The topological polar surface area (TPSA) is 83.1 Å². The Kier molecular flexibility index (Phi) is 10.5. The minimum Gasteiger partial charge on any atom is -0.497 e. The number of piperazine rings is 1. The highest BCUT2D eigenvalue weighted by Crippen LogP contribution is 2.32. The number of unbranched alkanes of at least 4 members (excludes halogenated alkanes) is 1. The van der Waals surface area contributed by atoms with Gasteiger partial charge in [0.2, 0.25) is 0 Å². The van der Waals surface area contributed by atoms with E-state index in [1.54, 1.807) is 56.7 Å². The summed E-state index contributed by atoms with van der Waals surface area (Å²) in [5.74, 6) is 1.14. The SMILES string of the molecule is COc1ccc(N2CCN(CCCCNC(=O)c3ccc(NC(=O)c4cc(Cl)cc(Cl)c4)cc3)CC2)c(OC)c1. The van der Waals surface area contributed by atoms with Crippen LogP contribution in [0, 0.1) is 0 Å². The summed E-state index contributed by atoms with van der Waals surface area (Å²) in [5.41, 5.74) is 2.56. The lowest BCUT2D eigenvalue weighted by Gasteiger charge is -2.36. The van der Waals surface area contributed by atoms with Crippen LogP contribution in [0.5, 0.6) is 11.5 Å². The molecule has 2 N–H and O–H groups in total. The molecule has 10 heteroatoms. The number of carbonyl (C=O) groups excluding carboxylic acids is 2. The molecule has 0 atom stereocenters. The van der Waals surface area contributed by atoms with Crippen LogP contribution in [0.1, 0.15) is 33.6 Å². The number of hydrogen-bond donors (Lipinski definition) is 2. The summed E-state index contributed by atoms with van der Waals surface area (Å²) in [6, 6.07) is 17.4. The van der Waals surface area contributed by atoms with Crippen LogP contribution >= 0.6 is 23.2 Å². The average Bonchev–Trinajstić information content (AvgIpc) is 2.96. The first-order valence-corrected chi connectivity index (χ1v) is 14.0. The molecule has 0 aromatic heterocycles. The maximum atomic E-state index is 12.5. The molecule has 0 aliphatic carbocycles. The molecule has 1 aliphatic rings. The molecule has 0 radical (unpaired) electrons. The fourth-order valence-electron chi connectivity index (χ4n) is 4.62. The van der Waals surface area contributed by atoms with Crippen LogP contribution < -0.4 is 25.0 Å². The third-order valence-electron chi connectivity index (χ3n) is 6.82. The molecule has 3 aromatic carbocycles. The van der Waals surface area contributed by atoms with Crippen molar-refractivity contribution < 1.29 is 19.1 Å². The molecule has 0 spiro atoms. The van der Waals surface area contributed by atoms with Gasteiger partial charge in [-0.3, -0.25) is 14.5 Å². The summed E-state index contributed by atoms with van der Waals surface area (Å²) < 4.78 is 10.9. The summed E-state index contributed by atoms with van der Waals surface area (Å²) >= 11 is 12.0. The van der Waals surface area contributed by atoms with Crippen LogP contribution in [0.4, 0.5) is 11.4 Å². The highest BCUT2D eigenvalue weighted by molar-refractivity contribution is 6.35. The van der Waals surface area contributed by atoms with E-state index >= 15 is 0 Å². The van der Waals surface area contributed by atoms with Crippen molar-refractivity contribution >= 4 is 46.4 Å². The number of carbonyl (C=O) groups is 2. The molecule has 1 fully saturated rings. The van der Waals surface area contributed by atoms with E-state index in [1.807, 2.05) is 12.1 Å². The van der Waals surface area contributed by atoms with Gasteiger partial charge in [0.1, 0.15) is 11.5 Å². The first-order valence-electron chi connectivity index (χ1n) is 13.2. The third kappa shape index (κ3) is 8.03. The van der Waals surface area contributed by atoms with Gasteiger partial charge in [0.05, 0.1) is 19.9 Å². The van der Waals surface area contributed by atoms with E-state index < -0.39 is 0 Å². The number of nitrogens with zero attached hydrogens (tertiary/aromatic N) is 2. The van der Waals surface area contributed by atoms with E-state index in [1.165, 1.54) is 0 Å². The first kappa shape index (κ1) is 29.5. The standard InChI is InChI=1S/C30H34Cl2N4O4/c1-39-26-9-10-27(28(20-26)40-2)36-15-13-35(14-16-36)12-4-3-11-33-29(37)21-5-7-25(8-6-21)34-30(38)22-17-23(31)19-24(32)18-22/h5-10,17-20H,3-4,11-16H2,1-2H3,(H,33,37)(H,34,38). The highest BCUT2D eigenvalue weighted by atomic mass is 35.5. The molecule has 212 valence electrons.